The predicted molar refractivity (Wildman–Crippen MR) is 64.2 cm³/mol. The van der Waals surface area contributed by atoms with Gasteiger partial charge in [0, 0.05) is 5.92 Å². The summed E-state index contributed by atoms with van der Waals surface area (Å²) >= 11 is 0. The zero-order chi connectivity index (χ0) is 11.1. The van der Waals surface area contributed by atoms with Gasteiger partial charge in [-0.05, 0) is 17.8 Å². The summed E-state index contributed by atoms with van der Waals surface area (Å²) < 4.78 is 0. The molecule has 0 saturated heterocycles. The molecule has 0 N–H and O–H groups in total. The van der Waals surface area contributed by atoms with Crippen LogP contribution in [0.15, 0.2) is 23.3 Å². The summed E-state index contributed by atoms with van der Waals surface area (Å²) in [5.74, 6) is 0.613. The first-order valence-electron chi connectivity index (χ1n) is 5.53. The average molecular weight is 192 g/mol. The molecule has 0 aromatic rings. The van der Waals surface area contributed by atoms with E-state index in [1.807, 2.05) is 0 Å². The van der Waals surface area contributed by atoms with Crippen LogP contribution in [0.25, 0.3) is 0 Å². The summed E-state index contributed by atoms with van der Waals surface area (Å²) in [7, 11) is 0. The Kier molecular flexibility index (Phi) is 2.69. The maximum absolute atomic E-state index is 2.37. The first-order chi connectivity index (χ1) is 6.14. The second kappa shape index (κ2) is 3.25. The minimum atomic E-state index is 0.297. The second-order valence-corrected chi connectivity index (χ2v) is 6.55. The molecule has 1 rings (SSSR count). The molecule has 0 nitrogen and oxygen atoms in total. The van der Waals surface area contributed by atoms with Gasteiger partial charge in [0.25, 0.3) is 0 Å². The van der Waals surface area contributed by atoms with E-state index in [1.165, 1.54) is 5.57 Å². The highest BCUT2D eigenvalue weighted by atomic mass is 14.4. The minimum Gasteiger partial charge on any atom is -0.0765 e. The lowest BCUT2D eigenvalue weighted by Crippen LogP contribution is -2.26. The molecule has 1 atom stereocenters. The normalized spacial score (nSPS) is 23.5. The van der Waals surface area contributed by atoms with Crippen molar-refractivity contribution >= 4 is 0 Å². The largest absolute Gasteiger partial charge is 0.0765 e. The third-order valence-electron chi connectivity index (χ3n) is 3.02. The van der Waals surface area contributed by atoms with Gasteiger partial charge in [-0.1, -0.05) is 64.8 Å². The van der Waals surface area contributed by atoms with Gasteiger partial charge in [-0.3, -0.25) is 0 Å². The molecule has 1 unspecified atom stereocenters. The zero-order valence-corrected chi connectivity index (χ0v) is 10.7. The Morgan fingerprint density at radius 3 is 1.79 bits per heavy atom. The van der Waals surface area contributed by atoms with E-state index < -0.39 is 0 Å². The van der Waals surface area contributed by atoms with Crippen molar-refractivity contribution in [3.63, 3.8) is 0 Å². The zero-order valence-electron chi connectivity index (χ0n) is 10.7. The van der Waals surface area contributed by atoms with E-state index in [2.05, 4.69) is 60.6 Å². The molecule has 14 heavy (non-hydrogen) atoms. The quantitative estimate of drug-likeness (QED) is 0.527. The Morgan fingerprint density at radius 1 is 1.00 bits per heavy atom. The van der Waals surface area contributed by atoms with Crippen LogP contribution >= 0.6 is 0 Å². The fraction of sp³-hybridized carbons (Fsp3) is 0.714. The maximum Gasteiger partial charge on any atom is 0.00395 e. The smallest absolute Gasteiger partial charge is 0.00395 e. The molecule has 0 amide bonds. The molecule has 0 aliphatic heterocycles. The molecule has 0 aromatic heterocycles. The fourth-order valence-corrected chi connectivity index (χ4v) is 2.45. The summed E-state index contributed by atoms with van der Waals surface area (Å²) in [6.07, 6.45) is 4.66. The van der Waals surface area contributed by atoms with Gasteiger partial charge in [0.05, 0.1) is 0 Å². The third-order valence-corrected chi connectivity index (χ3v) is 3.02. The van der Waals surface area contributed by atoms with E-state index in [4.69, 9.17) is 0 Å². The van der Waals surface area contributed by atoms with Crippen LogP contribution in [0.4, 0.5) is 0 Å². The molecule has 0 aromatic carbocycles. The molecule has 0 radical (unpaired) electrons. The van der Waals surface area contributed by atoms with E-state index in [-0.39, 0.29) is 0 Å². The Labute approximate surface area is 89.1 Å². The van der Waals surface area contributed by atoms with E-state index in [1.54, 1.807) is 5.57 Å². The summed E-state index contributed by atoms with van der Waals surface area (Å²) in [6.45, 7) is 16.2. The topological polar surface area (TPSA) is 0 Å². The van der Waals surface area contributed by atoms with Crippen molar-refractivity contribution in [1.82, 2.24) is 0 Å². The first kappa shape index (κ1) is 11.6. The summed E-state index contributed by atoms with van der Waals surface area (Å²) in [6, 6.07) is 0. The average Bonchev–Trinajstić information content (AvgIpc) is 2.27. The van der Waals surface area contributed by atoms with Crippen molar-refractivity contribution in [1.29, 1.82) is 0 Å². The van der Waals surface area contributed by atoms with Gasteiger partial charge in [0.2, 0.25) is 0 Å². The Morgan fingerprint density at radius 2 is 1.50 bits per heavy atom. The van der Waals surface area contributed by atoms with E-state index in [0.717, 1.165) is 0 Å². The predicted octanol–water partition coefficient (Wildman–Crippen LogP) is 4.58. The van der Waals surface area contributed by atoms with Crippen LogP contribution in [-0.4, -0.2) is 0 Å². The Balaban J connectivity index is 3.10. The lowest BCUT2D eigenvalue weighted by Gasteiger charge is -2.35. The number of hydrogen-bond donors (Lipinski definition) is 0. The molecule has 0 bridgehead atoms. The standard InChI is InChI=1S/C14H24/c1-10-8-9-11(13(2,3)4)12(10)14(5,6)7/h8-9,11H,1-7H3. The van der Waals surface area contributed by atoms with Gasteiger partial charge in [-0.2, -0.15) is 0 Å². The van der Waals surface area contributed by atoms with Crippen molar-refractivity contribution in [3.05, 3.63) is 23.3 Å². The van der Waals surface area contributed by atoms with E-state index >= 15 is 0 Å². The molecule has 0 fully saturated rings. The molecular weight excluding hydrogens is 168 g/mol. The van der Waals surface area contributed by atoms with Gasteiger partial charge >= 0.3 is 0 Å². The Bertz CT molecular complexity index is 276. The van der Waals surface area contributed by atoms with Crippen LogP contribution < -0.4 is 0 Å². The molecule has 80 valence electrons. The van der Waals surface area contributed by atoms with Gasteiger partial charge in [-0.25, -0.2) is 0 Å². The van der Waals surface area contributed by atoms with Crippen LogP contribution in [-0.2, 0) is 0 Å². The molecule has 1 aliphatic rings. The summed E-state index contributed by atoms with van der Waals surface area (Å²) in [4.78, 5) is 0. The highest BCUT2D eigenvalue weighted by molar-refractivity contribution is 5.39. The highest BCUT2D eigenvalue weighted by Gasteiger charge is 2.35. The second-order valence-electron chi connectivity index (χ2n) is 6.55. The molecule has 0 saturated carbocycles. The fourth-order valence-electron chi connectivity index (χ4n) is 2.45. The highest BCUT2D eigenvalue weighted by Crippen LogP contribution is 2.46. The van der Waals surface area contributed by atoms with Crippen LogP contribution in [0.5, 0.6) is 0 Å². The SMILES string of the molecule is CC1=C(C(C)(C)C)C(C(C)(C)C)C=C1. The lowest BCUT2D eigenvalue weighted by atomic mass is 9.69. The van der Waals surface area contributed by atoms with Crippen LogP contribution in [0, 0.1) is 16.7 Å². The maximum atomic E-state index is 2.37. The van der Waals surface area contributed by atoms with Gasteiger partial charge in [-0.15, -0.1) is 0 Å². The first-order valence-corrected chi connectivity index (χ1v) is 5.53. The van der Waals surface area contributed by atoms with Gasteiger partial charge < -0.3 is 0 Å². The monoisotopic (exact) mass is 192 g/mol. The van der Waals surface area contributed by atoms with Crippen molar-refractivity contribution < 1.29 is 0 Å². The van der Waals surface area contributed by atoms with Gasteiger partial charge in [0.1, 0.15) is 0 Å². The van der Waals surface area contributed by atoms with Crippen molar-refractivity contribution in [2.24, 2.45) is 16.7 Å². The minimum absolute atomic E-state index is 0.297. The molecule has 1 aliphatic carbocycles. The lowest BCUT2D eigenvalue weighted by molar-refractivity contribution is 0.291. The molecule has 0 heteroatoms. The molecule has 0 heterocycles. The van der Waals surface area contributed by atoms with Crippen LogP contribution in [0.1, 0.15) is 48.5 Å². The third kappa shape index (κ3) is 2.10. The van der Waals surface area contributed by atoms with Gasteiger partial charge in [0.15, 0.2) is 0 Å². The van der Waals surface area contributed by atoms with Crippen LogP contribution in [0.3, 0.4) is 0 Å². The molecule has 0 spiro atoms. The van der Waals surface area contributed by atoms with Crippen molar-refractivity contribution in [2.75, 3.05) is 0 Å². The van der Waals surface area contributed by atoms with Crippen molar-refractivity contribution in [3.8, 4) is 0 Å². The number of rotatable bonds is 0. The Hall–Kier alpha value is -0.520. The summed E-state index contributed by atoms with van der Waals surface area (Å²) in [5.41, 5.74) is 3.73. The number of allylic oxidation sites excluding steroid dienone is 4. The van der Waals surface area contributed by atoms with Crippen molar-refractivity contribution in [2.45, 2.75) is 48.5 Å². The number of hydrogen-bond acceptors (Lipinski definition) is 0. The summed E-state index contributed by atoms with van der Waals surface area (Å²) in [5, 5.41) is 0. The van der Waals surface area contributed by atoms with E-state index in [0.29, 0.717) is 16.7 Å². The van der Waals surface area contributed by atoms with Crippen LogP contribution in [0.2, 0.25) is 0 Å². The molecular formula is C14H24. The van der Waals surface area contributed by atoms with E-state index in [9.17, 15) is 0 Å².